The first kappa shape index (κ1) is 50.0. The summed E-state index contributed by atoms with van der Waals surface area (Å²) in [6, 6.07) is 4.62. The maximum absolute atomic E-state index is 11.4. The summed E-state index contributed by atoms with van der Waals surface area (Å²) in [7, 11) is -25.5. The number of carbonyl (C=O) groups excluding carboxylic acids is 1. The molecule has 0 bridgehead atoms. The van der Waals surface area contributed by atoms with Gasteiger partial charge in [0.05, 0.1) is 42.0 Å². The van der Waals surface area contributed by atoms with E-state index in [1.165, 1.54) is 0 Å². The number of aromatic hydroxyl groups is 1. The van der Waals surface area contributed by atoms with Crippen molar-refractivity contribution in [3.63, 3.8) is 0 Å². The lowest BCUT2D eigenvalue weighted by Gasteiger charge is -2.12. The Morgan fingerprint density at radius 1 is 0.564 bits per heavy atom. The number of halogens is 3. The van der Waals surface area contributed by atoms with E-state index in [2.05, 4.69) is 0 Å². The minimum Gasteiger partial charge on any atom is -0.505 e. The first-order valence-corrected chi connectivity index (χ1v) is 23.5. The Morgan fingerprint density at radius 2 is 0.927 bits per heavy atom. The zero-order chi connectivity index (χ0) is 43.3. The number of phenols is 1. The molecule has 0 aliphatic carbocycles. The first-order valence-electron chi connectivity index (χ1n) is 13.1. The van der Waals surface area contributed by atoms with E-state index >= 15 is 0 Å². The molecule has 0 radical (unpaired) electrons. The van der Waals surface area contributed by atoms with E-state index in [4.69, 9.17) is 80.6 Å². The number of sulfonamides is 6. The molecule has 3 aromatic rings. The fourth-order valence-electron chi connectivity index (χ4n) is 3.39. The lowest BCUT2D eigenvalue weighted by molar-refractivity contribution is -0.118. The van der Waals surface area contributed by atoms with E-state index in [1.807, 2.05) is 5.32 Å². The van der Waals surface area contributed by atoms with Crippen molar-refractivity contribution >= 4 is 107 Å². The number of hydrogen-bond donors (Lipinski definition) is 10. The molecule has 0 aliphatic rings. The second-order valence-corrected chi connectivity index (χ2v) is 20.3. The summed E-state index contributed by atoms with van der Waals surface area (Å²) < 4.78 is 139. The maximum Gasteiger partial charge on any atom is 0.250 e. The molecular formula is C22H28Cl3N7O17S6. The predicted octanol–water partition coefficient (Wildman–Crippen LogP) is -3.09. The third kappa shape index (κ3) is 14.8. The quantitative estimate of drug-likeness (QED) is 0.0910. The van der Waals surface area contributed by atoms with E-state index in [-0.39, 0.29) is 17.4 Å². The van der Waals surface area contributed by atoms with Gasteiger partial charge in [-0.1, -0.05) is 34.8 Å². The van der Waals surface area contributed by atoms with Crippen LogP contribution in [0.15, 0.2) is 65.8 Å². The SMILES string of the molecule is NS(=O)(=O)c1cc(Cl)c(NC(=O)CO)c(S(N)(=O)=O)c1.NS(=O)(=O)c1cc(Cl)c(O)c(S(N)(=O)=O)c1.NS(=O)(=O)c1cc(Cl)c(OCCO)c(S(N)(=O)=O)c1. The van der Waals surface area contributed by atoms with Gasteiger partial charge in [-0.3, -0.25) is 4.79 Å². The second kappa shape index (κ2) is 18.5. The summed E-state index contributed by atoms with van der Waals surface area (Å²) in [4.78, 5) is 7.27. The summed E-state index contributed by atoms with van der Waals surface area (Å²) in [5.74, 6) is -2.12. The molecule has 0 atom stereocenters. The Bertz CT molecular complexity index is 2660. The van der Waals surface area contributed by atoms with Gasteiger partial charge >= 0.3 is 0 Å². The predicted molar refractivity (Wildman–Crippen MR) is 193 cm³/mol. The lowest BCUT2D eigenvalue weighted by Crippen LogP contribution is -2.22. The number of primary sulfonamides is 6. The van der Waals surface area contributed by atoms with E-state index in [1.54, 1.807) is 0 Å². The summed E-state index contributed by atoms with van der Waals surface area (Å²) in [6.07, 6.45) is 0. The van der Waals surface area contributed by atoms with Crippen molar-refractivity contribution in [1.29, 1.82) is 0 Å². The molecule has 3 rings (SSSR count). The van der Waals surface area contributed by atoms with Crippen LogP contribution in [0.3, 0.4) is 0 Å². The number of hydrogen-bond acceptors (Lipinski definition) is 17. The highest BCUT2D eigenvalue weighted by molar-refractivity contribution is 7.91. The largest absolute Gasteiger partial charge is 0.505 e. The highest BCUT2D eigenvalue weighted by Gasteiger charge is 2.25. The Kier molecular flexibility index (Phi) is 16.8. The second-order valence-electron chi connectivity index (χ2n) is 9.81. The lowest BCUT2D eigenvalue weighted by atomic mass is 10.3. The Labute approximate surface area is 328 Å². The van der Waals surface area contributed by atoms with Crippen LogP contribution < -0.4 is 40.9 Å². The molecule has 24 nitrogen and oxygen atoms in total. The fourth-order valence-corrected chi connectivity index (χ4v) is 8.55. The van der Waals surface area contributed by atoms with Crippen LogP contribution in [0.5, 0.6) is 11.5 Å². The number of aliphatic hydroxyl groups excluding tert-OH is 2. The van der Waals surface area contributed by atoms with Crippen LogP contribution in [0.2, 0.25) is 15.1 Å². The summed E-state index contributed by atoms with van der Waals surface area (Å²) >= 11 is 16.9. The topological polar surface area (TPSA) is 460 Å². The van der Waals surface area contributed by atoms with Gasteiger partial charge in [-0.05, 0) is 36.4 Å². The van der Waals surface area contributed by atoms with Crippen LogP contribution in [-0.4, -0.2) is 91.6 Å². The molecule has 0 spiro atoms. The summed E-state index contributed by atoms with van der Waals surface area (Å²) in [5.41, 5.74) is -0.444. The van der Waals surface area contributed by atoms with Crippen molar-refractivity contribution in [3.05, 3.63) is 51.5 Å². The highest BCUT2D eigenvalue weighted by Crippen LogP contribution is 2.35. The minimum absolute atomic E-state index is 0.239. The van der Waals surface area contributed by atoms with Gasteiger partial charge in [-0.15, -0.1) is 0 Å². The van der Waals surface area contributed by atoms with E-state index in [0.717, 1.165) is 24.3 Å². The van der Waals surface area contributed by atoms with Crippen LogP contribution in [0.1, 0.15) is 0 Å². The molecule has 33 heteroatoms. The summed E-state index contributed by atoms with van der Waals surface area (Å²) in [6.45, 7) is -1.56. The van der Waals surface area contributed by atoms with E-state index < -0.39 is 130 Å². The number of rotatable bonds is 11. The number of carbonyl (C=O) groups is 1. The number of nitrogens with two attached hydrogens (primary N) is 6. The van der Waals surface area contributed by atoms with Crippen molar-refractivity contribution in [2.45, 2.75) is 29.4 Å². The molecule has 0 unspecified atom stereocenters. The van der Waals surface area contributed by atoms with Crippen LogP contribution >= 0.6 is 34.8 Å². The maximum atomic E-state index is 11.4. The number of amides is 1. The van der Waals surface area contributed by atoms with Gasteiger partial charge in [0.25, 0.3) is 0 Å². The molecule has 0 saturated heterocycles. The fraction of sp³-hybridized carbons (Fsp3) is 0.136. The van der Waals surface area contributed by atoms with Gasteiger partial charge < -0.3 is 25.4 Å². The number of anilines is 1. The number of benzene rings is 3. The van der Waals surface area contributed by atoms with Gasteiger partial charge in [0, 0.05) is 0 Å². The third-order valence-electron chi connectivity index (χ3n) is 5.66. The molecule has 55 heavy (non-hydrogen) atoms. The Morgan fingerprint density at radius 3 is 1.29 bits per heavy atom. The van der Waals surface area contributed by atoms with Gasteiger partial charge in [-0.2, -0.15) is 0 Å². The average Bonchev–Trinajstić information content (AvgIpc) is 2.99. The third-order valence-corrected chi connectivity index (χ3v) is 12.0. The molecule has 1 amide bonds. The monoisotopic (exact) mass is 959 g/mol. The molecule has 310 valence electrons. The normalized spacial score (nSPS) is 12.4. The molecule has 0 aromatic heterocycles. The standard InChI is InChI=1S/C8H10ClN3O6S2.C8H11ClN2O6S2.C6H7ClN2O5S2/c9-5-1-4(19(10,15)16)2-6(20(11,17)18)8(5)12-7(14)3-13;9-6-3-5(18(10,13)14)4-7(19(11,15)16)8(6)17-2-1-12;7-4-1-3(15(8,11)12)2-5(6(4)10)16(9,13)14/h1-2,13H,3H2,(H,12,14)(H2,10,15,16)(H2,11,17,18);3-4,12H,1-2H2,(H2,10,13,14)(H2,11,15,16);1-2,10H,(H2,8,11,12)(H2,9,13,14). The van der Waals surface area contributed by atoms with Crippen molar-refractivity contribution in [1.82, 2.24) is 0 Å². The summed E-state index contributed by atoms with van der Waals surface area (Å²) in [5, 5.41) is 56.5. The zero-order valence-electron chi connectivity index (χ0n) is 26.7. The Hall–Kier alpha value is -3.02. The van der Waals surface area contributed by atoms with Gasteiger partial charge in [0.15, 0.2) is 11.5 Å². The first-order chi connectivity index (χ1) is 24.6. The van der Waals surface area contributed by atoms with Crippen molar-refractivity contribution in [2.24, 2.45) is 30.8 Å². The number of ether oxygens (including phenoxy) is 1. The van der Waals surface area contributed by atoms with E-state index in [9.17, 15) is 60.4 Å². The molecule has 0 fully saturated rings. The van der Waals surface area contributed by atoms with Gasteiger partial charge in [-0.25, -0.2) is 81.3 Å². The van der Waals surface area contributed by atoms with Crippen molar-refractivity contribution < 1.29 is 75.4 Å². The van der Waals surface area contributed by atoms with Gasteiger partial charge in [0.1, 0.15) is 27.9 Å². The van der Waals surface area contributed by atoms with Crippen molar-refractivity contribution in [3.8, 4) is 11.5 Å². The number of nitrogens with one attached hydrogen (secondary N) is 1. The molecule has 0 heterocycles. The number of aliphatic hydroxyl groups is 2. The van der Waals surface area contributed by atoms with E-state index in [0.29, 0.717) is 12.1 Å². The molecule has 16 N–H and O–H groups in total. The molecule has 0 saturated carbocycles. The van der Waals surface area contributed by atoms with Crippen LogP contribution in [0.25, 0.3) is 0 Å². The van der Waals surface area contributed by atoms with Crippen LogP contribution in [0, 0.1) is 0 Å². The van der Waals surface area contributed by atoms with Crippen LogP contribution in [-0.2, 0) is 64.9 Å². The number of phenolic OH excluding ortho intramolecular Hbond substituents is 1. The van der Waals surface area contributed by atoms with Crippen LogP contribution in [0.4, 0.5) is 5.69 Å². The Balaban J connectivity index is 0.000000415. The van der Waals surface area contributed by atoms with Crippen molar-refractivity contribution in [2.75, 3.05) is 25.1 Å². The highest BCUT2D eigenvalue weighted by atomic mass is 35.5. The minimum atomic E-state index is -4.39. The molecule has 0 aliphatic heterocycles. The smallest absolute Gasteiger partial charge is 0.250 e. The zero-order valence-corrected chi connectivity index (χ0v) is 33.9. The van der Waals surface area contributed by atoms with Gasteiger partial charge in [0.2, 0.25) is 66.0 Å². The molecular weight excluding hydrogens is 933 g/mol. The molecule has 3 aromatic carbocycles. The average molecular weight is 961 g/mol.